The number of rotatable bonds is 5. The molecule has 1 N–H and O–H groups in total. The molecule has 0 spiro atoms. The van der Waals surface area contributed by atoms with E-state index in [-0.39, 0.29) is 12.0 Å². The lowest BCUT2D eigenvalue weighted by molar-refractivity contribution is -0.130. The number of nitrogens with zero attached hydrogens (tertiary/aromatic N) is 3. The molecule has 6 nitrogen and oxygen atoms in total. The Hall–Kier alpha value is -2.47. The highest BCUT2D eigenvalue weighted by molar-refractivity contribution is 5.79. The minimum atomic E-state index is 0.153. The maximum absolute atomic E-state index is 12.7. The maximum atomic E-state index is 12.7. The number of benzene rings is 1. The third kappa shape index (κ3) is 3.70. The zero-order valence-corrected chi connectivity index (χ0v) is 15.0. The molecule has 0 radical (unpaired) electrons. The van der Waals surface area contributed by atoms with Gasteiger partial charge in [-0.15, -0.1) is 0 Å². The van der Waals surface area contributed by atoms with Crippen molar-refractivity contribution in [3.63, 3.8) is 0 Å². The minimum absolute atomic E-state index is 0.153. The van der Waals surface area contributed by atoms with Crippen LogP contribution in [0.1, 0.15) is 11.1 Å². The molecule has 26 heavy (non-hydrogen) atoms. The zero-order valence-electron chi connectivity index (χ0n) is 15.0. The predicted molar refractivity (Wildman–Crippen MR) is 98.7 cm³/mol. The van der Waals surface area contributed by atoms with E-state index in [1.807, 2.05) is 17.0 Å². The van der Waals surface area contributed by atoms with Crippen molar-refractivity contribution in [3.8, 4) is 0 Å². The van der Waals surface area contributed by atoms with Crippen LogP contribution in [0.25, 0.3) is 0 Å². The van der Waals surface area contributed by atoms with Crippen LogP contribution in [-0.4, -0.2) is 53.1 Å². The van der Waals surface area contributed by atoms with Gasteiger partial charge in [0.2, 0.25) is 11.9 Å². The number of hydrogen-bond donors (Lipinski definition) is 1. The molecule has 136 valence electrons. The lowest BCUT2D eigenvalue weighted by Crippen LogP contribution is -2.33. The average molecular weight is 352 g/mol. The summed E-state index contributed by atoms with van der Waals surface area (Å²) >= 11 is 0. The number of hydrogen-bond acceptors (Lipinski definition) is 5. The molecule has 2 saturated heterocycles. The summed E-state index contributed by atoms with van der Waals surface area (Å²) in [5.41, 5.74) is 2.28. The fourth-order valence-electron chi connectivity index (χ4n) is 3.82. The molecule has 4 rings (SSSR count). The number of fused-ring (bicyclic) bond motifs is 1. The molecule has 3 atom stereocenters. The third-order valence-electron chi connectivity index (χ3n) is 5.36. The Bertz CT molecular complexity index is 750. The number of carbonyl (C=O) groups excluding carboxylic acids is 1. The molecule has 3 heterocycles. The molecule has 0 bridgehead atoms. The van der Waals surface area contributed by atoms with Gasteiger partial charge in [0.1, 0.15) is 0 Å². The molecule has 1 aromatic carbocycles. The van der Waals surface area contributed by atoms with Gasteiger partial charge in [0.05, 0.1) is 19.1 Å². The Labute approximate surface area is 153 Å². The van der Waals surface area contributed by atoms with Gasteiger partial charge in [-0.2, -0.15) is 0 Å². The number of aromatic nitrogens is 2. The van der Waals surface area contributed by atoms with Crippen LogP contribution < -0.4 is 5.32 Å². The monoisotopic (exact) mass is 352 g/mol. The van der Waals surface area contributed by atoms with Crippen molar-refractivity contribution < 1.29 is 9.53 Å². The molecule has 2 fully saturated rings. The van der Waals surface area contributed by atoms with Crippen LogP contribution in [0.2, 0.25) is 0 Å². The smallest absolute Gasteiger partial charge is 0.227 e. The second-order valence-electron chi connectivity index (χ2n) is 7.21. The maximum Gasteiger partial charge on any atom is 0.227 e. The molecule has 2 aromatic rings. The van der Waals surface area contributed by atoms with Crippen LogP contribution in [0.5, 0.6) is 0 Å². The molecular weight excluding hydrogens is 328 g/mol. The van der Waals surface area contributed by atoms with E-state index in [0.29, 0.717) is 30.7 Å². The van der Waals surface area contributed by atoms with Crippen molar-refractivity contribution in [3.05, 3.63) is 53.9 Å². The first-order valence-electron chi connectivity index (χ1n) is 9.15. The molecule has 1 amide bonds. The standard InChI is InChI=1S/C20H24N4O2/c1-14-3-5-15(6-4-14)9-19(25)24-11-17-16(13-26-18(17)12-24)10-23-20-21-7-2-8-22-20/h2-8,16-18H,9-13H2,1H3,(H,21,22,23)/t16-,17+,18+/m1/s1. The van der Waals surface area contributed by atoms with E-state index in [1.165, 1.54) is 5.56 Å². The SMILES string of the molecule is Cc1ccc(CC(=O)N2C[C@H]3[C@H](CNc4ncccn4)CO[C@H]3C2)cc1. The van der Waals surface area contributed by atoms with E-state index in [0.717, 1.165) is 25.3 Å². The Morgan fingerprint density at radius 1 is 1.23 bits per heavy atom. The number of carbonyl (C=O) groups is 1. The Morgan fingerprint density at radius 3 is 2.77 bits per heavy atom. The van der Waals surface area contributed by atoms with Gasteiger partial charge in [0.25, 0.3) is 0 Å². The summed E-state index contributed by atoms with van der Waals surface area (Å²) in [6, 6.07) is 9.98. The largest absolute Gasteiger partial charge is 0.376 e. The number of ether oxygens (including phenoxy) is 1. The van der Waals surface area contributed by atoms with E-state index in [4.69, 9.17) is 4.74 Å². The summed E-state index contributed by atoms with van der Waals surface area (Å²) in [5, 5.41) is 3.28. The minimum Gasteiger partial charge on any atom is -0.376 e. The van der Waals surface area contributed by atoms with Gasteiger partial charge in [0, 0.05) is 43.9 Å². The quantitative estimate of drug-likeness (QED) is 0.890. The summed E-state index contributed by atoms with van der Waals surface area (Å²) in [4.78, 5) is 23.0. The molecular formula is C20H24N4O2. The first kappa shape index (κ1) is 17.0. The molecule has 0 unspecified atom stereocenters. The summed E-state index contributed by atoms with van der Waals surface area (Å²) in [5.74, 6) is 1.58. The highest BCUT2D eigenvalue weighted by Crippen LogP contribution is 2.34. The first-order valence-corrected chi connectivity index (χ1v) is 9.15. The summed E-state index contributed by atoms with van der Waals surface area (Å²) in [6.45, 7) is 5.03. The average Bonchev–Trinajstić information content (AvgIpc) is 3.24. The third-order valence-corrected chi connectivity index (χ3v) is 5.36. The second-order valence-corrected chi connectivity index (χ2v) is 7.21. The van der Waals surface area contributed by atoms with E-state index >= 15 is 0 Å². The van der Waals surface area contributed by atoms with Gasteiger partial charge in [-0.25, -0.2) is 9.97 Å². The Morgan fingerprint density at radius 2 is 2.00 bits per heavy atom. The van der Waals surface area contributed by atoms with Gasteiger partial charge < -0.3 is 15.0 Å². The number of anilines is 1. The van der Waals surface area contributed by atoms with Crippen LogP contribution in [0.3, 0.4) is 0 Å². The molecule has 2 aliphatic rings. The van der Waals surface area contributed by atoms with Crippen LogP contribution in [0, 0.1) is 18.8 Å². The number of amides is 1. The van der Waals surface area contributed by atoms with E-state index < -0.39 is 0 Å². The van der Waals surface area contributed by atoms with Gasteiger partial charge in [0.15, 0.2) is 0 Å². The van der Waals surface area contributed by atoms with Crippen molar-refractivity contribution in [1.82, 2.24) is 14.9 Å². The van der Waals surface area contributed by atoms with Gasteiger partial charge in [-0.05, 0) is 18.6 Å². The zero-order chi connectivity index (χ0) is 17.9. The highest BCUT2D eigenvalue weighted by Gasteiger charge is 2.44. The van der Waals surface area contributed by atoms with Crippen molar-refractivity contribution in [2.75, 3.05) is 31.6 Å². The number of likely N-dealkylation sites (tertiary alicyclic amines) is 1. The van der Waals surface area contributed by atoms with Gasteiger partial charge >= 0.3 is 0 Å². The molecule has 0 aliphatic carbocycles. The summed E-state index contributed by atoms with van der Waals surface area (Å²) in [6.07, 6.45) is 4.07. The topological polar surface area (TPSA) is 67.4 Å². The van der Waals surface area contributed by atoms with Crippen LogP contribution in [-0.2, 0) is 16.0 Å². The molecule has 1 aromatic heterocycles. The summed E-state index contributed by atoms with van der Waals surface area (Å²) < 4.78 is 5.95. The van der Waals surface area contributed by atoms with Crippen molar-refractivity contribution in [2.24, 2.45) is 11.8 Å². The van der Waals surface area contributed by atoms with Crippen LogP contribution in [0.4, 0.5) is 5.95 Å². The fourth-order valence-corrected chi connectivity index (χ4v) is 3.82. The predicted octanol–water partition coefficient (Wildman–Crippen LogP) is 1.91. The van der Waals surface area contributed by atoms with E-state index in [9.17, 15) is 4.79 Å². The fraction of sp³-hybridized carbons (Fsp3) is 0.450. The van der Waals surface area contributed by atoms with Gasteiger partial charge in [-0.1, -0.05) is 29.8 Å². The first-order chi connectivity index (χ1) is 12.7. The molecule has 0 saturated carbocycles. The molecule has 6 heteroatoms. The highest BCUT2D eigenvalue weighted by atomic mass is 16.5. The lowest BCUT2D eigenvalue weighted by atomic mass is 9.93. The van der Waals surface area contributed by atoms with Crippen LogP contribution in [0.15, 0.2) is 42.7 Å². The Kier molecular flexibility index (Phi) is 4.84. The second kappa shape index (κ2) is 7.41. The number of nitrogens with one attached hydrogen (secondary N) is 1. The molecule has 2 aliphatic heterocycles. The number of aryl methyl sites for hydroxylation is 1. The normalized spacial score (nSPS) is 24.5. The lowest BCUT2D eigenvalue weighted by Gasteiger charge is -2.20. The van der Waals surface area contributed by atoms with Crippen molar-refractivity contribution in [1.29, 1.82) is 0 Å². The Balaban J connectivity index is 1.32. The van der Waals surface area contributed by atoms with E-state index in [1.54, 1.807) is 18.5 Å². The van der Waals surface area contributed by atoms with Crippen LogP contribution >= 0.6 is 0 Å². The van der Waals surface area contributed by atoms with Crippen molar-refractivity contribution >= 4 is 11.9 Å². The van der Waals surface area contributed by atoms with Crippen molar-refractivity contribution in [2.45, 2.75) is 19.4 Å². The summed E-state index contributed by atoms with van der Waals surface area (Å²) in [7, 11) is 0. The van der Waals surface area contributed by atoms with Gasteiger partial charge in [-0.3, -0.25) is 4.79 Å². The van der Waals surface area contributed by atoms with E-state index in [2.05, 4.69) is 34.3 Å².